The molecule has 94 valence electrons. The lowest BCUT2D eigenvalue weighted by molar-refractivity contribution is -0.915. The predicted molar refractivity (Wildman–Crippen MR) is 71.2 cm³/mol. The molecule has 0 saturated carbocycles. The highest BCUT2D eigenvalue weighted by atomic mass is 35.5. The van der Waals surface area contributed by atoms with E-state index in [1.807, 2.05) is 12.2 Å². The van der Waals surface area contributed by atoms with Gasteiger partial charge in [0.15, 0.2) is 0 Å². The van der Waals surface area contributed by atoms with Crippen LogP contribution in [0.1, 0.15) is 18.0 Å². The number of quaternary nitrogens is 1. The highest BCUT2D eigenvalue weighted by Crippen LogP contribution is 2.28. The zero-order valence-corrected chi connectivity index (χ0v) is 11.5. The summed E-state index contributed by atoms with van der Waals surface area (Å²) in [5.74, 6) is 0. The molecule has 1 rings (SSSR count). The molecule has 0 aromatic heterocycles. The van der Waals surface area contributed by atoms with Crippen LogP contribution >= 0.6 is 0 Å². The highest BCUT2D eigenvalue weighted by Gasteiger charge is 2.27. The van der Waals surface area contributed by atoms with Gasteiger partial charge in [-0.15, -0.1) is 6.58 Å². The second-order valence-corrected chi connectivity index (χ2v) is 4.70. The largest absolute Gasteiger partial charge is 1.00 e. The zero-order valence-electron chi connectivity index (χ0n) is 10.8. The topological polar surface area (TPSA) is 0 Å². The van der Waals surface area contributed by atoms with Gasteiger partial charge in [-0.25, -0.2) is 0 Å². The van der Waals surface area contributed by atoms with Gasteiger partial charge in [0.1, 0.15) is 6.04 Å². The molecular weight excluding hydrogens is 230 g/mol. The summed E-state index contributed by atoms with van der Waals surface area (Å²) in [6.45, 7) is 8.67. The molecule has 0 bridgehead atoms. The summed E-state index contributed by atoms with van der Waals surface area (Å²) in [5.41, 5.74) is 1.37. The number of rotatable bonds is 6. The van der Waals surface area contributed by atoms with Crippen molar-refractivity contribution in [1.29, 1.82) is 0 Å². The van der Waals surface area contributed by atoms with E-state index >= 15 is 0 Å². The van der Waals surface area contributed by atoms with Crippen molar-refractivity contribution in [2.75, 3.05) is 20.6 Å². The molecule has 1 atom stereocenters. The Morgan fingerprint density at radius 1 is 1.12 bits per heavy atom. The molecule has 2 heteroatoms. The molecule has 1 nitrogen and oxygen atoms in total. The minimum absolute atomic E-state index is 0. The lowest BCUT2D eigenvalue weighted by atomic mass is 10.0. The Labute approximate surface area is 111 Å². The predicted octanol–water partition coefficient (Wildman–Crippen LogP) is 0.570. The van der Waals surface area contributed by atoms with Crippen molar-refractivity contribution in [3.05, 3.63) is 61.2 Å². The third-order valence-electron chi connectivity index (χ3n) is 3.02. The Morgan fingerprint density at radius 2 is 1.71 bits per heavy atom. The van der Waals surface area contributed by atoms with Gasteiger partial charge in [0, 0.05) is 12.0 Å². The first kappa shape index (κ1) is 16.0. The van der Waals surface area contributed by atoms with Gasteiger partial charge in [-0.1, -0.05) is 43.0 Å². The number of likely N-dealkylation sites (N-methyl/N-ethyl adjacent to an activating group) is 1. The van der Waals surface area contributed by atoms with Gasteiger partial charge in [0.05, 0.1) is 20.6 Å². The normalized spacial score (nSPS) is 12.4. The van der Waals surface area contributed by atoms with E-state index in [0.717, 1.165) is 17.4 Å². The van der Waals surface area contributed by atoms with E-state index in [9.17, 15) is 0 Å². The van der Waals surface area contributed by atoms with Crippen molar-refractivity contribution in [2.24, 2.45) is 0 Å². The minimum Gasteiger partial charge on any atom is -1.00 e. The third-order valence-corrected chi connectivity index (χ3v) is 3.02. The Morgan fingerprint density at radius 3 is 2.18 bits per heavy atom. The maximum atomic E-state index is 3.86. The molecule has 0 heterocycles. The molecule has 0 saturated heterocycles. The maximum Gasteiger partial charge on any atom is 0.118 e. The molecule has 0 aliphatic heterocycles. The van der Waals surface area contributed by atoms with Gasteiger partial charge in [-0.05, 0) is 6.08 Å². The average Bonchev–Trinajstić information content (AvgIpc) is 2.27. The van der Waals surface area contributed by atoms with E-state index in [0.29, 0.717) is 6.04 Å². The molecule has 1 aromatic carbocycles. The molecule has 0 aliphatic rings. The van der Waals surface area contributed by atoms with Crippen molar-refractivity contribution in [3.8, 4) is 0 Å². The number of nitrogens with zero attached hydrogens (tertiary/aromatic N) is 1. The van der Waals surface area contributed by atoms with Crippen LogP contribution in [0.5, 0.6) is 0 Å². The number of hydrogen-bond donors (Lipinski definition) is 0. The van der Waals surface area contributed by atoms with Crippen LogP contribution in [0.3, 0.4) is 0 Å². The molecule has 0 N–H and O–H groups in total. The Bertz CT molecular complexity index is 343. The van der Waals surface area contributed by atoms with Gasteiger partial charge in [0.25, 0.3) is 0 Å². The smallest absolute Gasteiger partial charge is 0.118 e. The summed E-state index contributed by atoms with van der Waals surface area (Å²) in [5, 5.41) is 0. The molecular formula is C15H22ClN. The Balaban J connectivity index is 0.00000256. The average molecular weight is 252 g/mol. The first-order valence-corrected chi connectivity index (χ1v) is 5.71. The minimum atomic E-state index is 0. The van der Waals surface area contributed by atoms with E-state index in [2.05, 4.69) is 57.6 Å². The van der Waals surface area contributed by atoms with Crippen LogP contribution in [0, 0.1) is 0 Å². The van der Waals surface area contributed by atoms with Crippen LogP contribution < -0.4 is 12.4 Å². The fourth-order valence-electron chi connectivity index (χ4n) is 2.12. The first-order valence-electron chi connectivity index (χ1n) is 5.71. The van der Waals surface area contributed by atoms with Gasteiger partial charge in [-0.2, -0.15) is 0 Å². The SMILES string of the molecule is C=CCC(c1ccccc1)[N+](C)(C)CC=C.[Cl-]. The van der Waals surface area contributed by atoms with Gasteiger partial charge < -0.3 is 16.9 Å². The third kappa shape index (κ3) is 4.37. The second-order valence-electron chi connectivity index (χ2n) is 4.70. The molecule has 0 radical (unpaired) electrons. The zero-order chi connectivity index (χ0) is 12.0. The van der Waals surface area contributed by atoms with Crippen LogP contribution in [0.2, 0.25) is 0 Å². The first-order chi connectivity index (χ1) is 7.61. The molecule has 0 spiro atoms. The number of benzene rings is 1. The maximum absolute atomic E-state index is 3.86. The van der Waals surface area contributed by atoms with Crippen molar-refractivity contribution in [3.63, 3.8) is 0 Å². The molecule has 0 fully saturated rings. The van der Waals surface area contributed by atoms with E-state index in [4.69, 9.17) is 0 Å². The lowest BCUT2D eigenvalue weighted by Gasteiger charge is -2.37. The number of halogens is 1. The summed E-state index contributed by atoms with van der Waals surface area (Å²) in [7, 11) is 4.48. The molecule has 1 unspecified atom stereocenters. The number of hydrogen-bond acceptors (Lipinski definition) is 0. The summed E-state index contributed by atoms with van der Waals surface area (Å²) in [4.78, 5) is 0. The van der Waals surface area contributed by atoms with Crippen LogP contribution in [0.15, 0.2) is 55.6 Å². The summed E-state index contributed by atoms with van der Waals surface area (Å²) >= 11 is 0. The van der Waals surface area contributed by atoms with Crippen molar-refractivity contribution < 1.29 is 16.9 Å². The highest BCUT2D eigenvalue weighted by molar-refractivity contribution is 5.18. The molecule has 0 aliphatic carbocycles. The van der Waals surface area contributed by atoms with Crippen molar-refractivity contribution >= 4 is 0 Å². The van der Waals surface area contributed by atoms with Crippen LogP contribution in [0.4, 0.5) is 0 Å². The van der Waals surface area contributed by atoms with Crippen LogP contribution in [0.25, 0.3) is 0 Å². The summed E-state index contributed by atoms with van der Waals surface area (Å²) in [6, 6.07) is 11.1. The van der Waals surface area contributed by atoms with Crippen LogP contribution in [-0.2, 0) is 0 Å². The molecule has 0 amide bonds. The van der Waals surface area contributed by atoms with E-state index in [1.165, 1.54) is 5.56 Å². The lowest BCUT2D eigenvalue weighted by Crippen LogP contribution is -3.00. The van der Waals surface area contributed by atoms with E-state index in [-0.39, 0.29) is 12.4 Å². The van der Waals surface area contributed by atoms with Gasteiger partial charge in [-0.3, -0.25) is 0 Å². The monoisotopic (exact) mass is 251 g/mol. The fourth-order valence-corrected chi connectivity index (χ4v) is 2.12. The van der Waals surface area contributed by atoms with Crippen molar-refractivity contribution in [1.82, 2.24) is 0 Å². The van der Waals surface area contributed by atoms with Gasteiger partial charge in [0.2, 0.25) is 0 Å². The summed E-state index contributed by atoms with van der Waals surface area (Å²) in [6.07, 6.45) is 4.98. The fraction of sp³-hybridized carbons (Fsp3) is 0.333. The van der Waals surface area contributed by atoms with Crippen LogP contribution in [-0.4, -0.2) is 25.1 Å². The quantitative estimate of drug-likeness (QED) is 0.512. The van der Waals surface area contributed by atoms with Gasteiger partial charge >= 0.3 is 0 Å². The van der Waals surface area contributed by atoms with E-state index < -0.39 is 0 Å². The Kier molecular flexibility index (Phi) is 6.86. The molecule has 17 heavy (non-hydrogen) atoms. The van der Waals surface area contributed by atoms with E-state index in [1.54, 1.807) is 0 Å². The van der Waals surface area contributed by atoms with Crippen molar-refractivity contribution in [2.45, 2.75) is 12.5 Å². The summed E-state index contributed by atoms with van der Waals surface area (Å²) < 4.78 is 0.916. The standard InChI is InChI=1S/C15H22N.ClH/c1-5-10-15(16(3,4)13-6-2)14-11-8-7-9-12-14;/h5-9,11-12,15H,1-2,10,13H2,3-4H3;1H/q+1;/p-1. The second kappa shape index (κ2) is 7.31. The molecule has 1 aromatic rings. The Hall–Kier alpha value is -1.05.